The molecule has 0 saturated carbocycles. The van der Waals surface area contributed by atoms with E-state index in [1.54, 1.807) is 13.1 Å². The SMILES string of the molecule is Cc1ccc(-c2nn3cc(C(=O)NCC4CSC4)c(C)c3c(=O)[nH]2)cc1C. The zero-order chi connectivity index (χ0) is 19.1. The molecule has 1 fully saturated rings. The summed E-state index contributed by atoms with van der Waals surface area (Å²) in [6, 6.07) is 5.94. The maximum atomic E-state index is 12.7. The van der Waals surface area contributed by atoms with Gasteiger partial charge in [-0.1, -0.05) is 12.1 Å². The van der Waals surface area contributed by atoms with Crippen LogP contribution in [-0.2, 0) is 0 Å². The molecule has 1 aromatic carbocycles. The first-order chi connectivity index (χ1) is 12.9. The van der Waals surface area contributed by atoms with Gasteiger partial charge in [0.05, 0.1) is 5.56 Å². The Kier molecular flexibility index (Phi) is 4.55. The van der Waals surface area contributed by atoms with E-state index >= 15 is 0 Å². The average Bonchev–Trinajstić information content (AvgIpc) is 2.93. The Hall–Kier alpha value is -2.54. The molecule has 27 heavy (non-hydrogen) atoms. The molecule has 3 aromatic rings. The van der Waals surface area contributed by atoms with Gasteiger partial charge >= 0.3 is 0 Å². The highest BCUT2D eigenvalue weighted by atomic mass is 32.2. The lowest BCUT2D eigenvalue weighted by atomic mass is 10.1. The molecule has 1 aliphatic heterocycles. The summed E-state index contributed by atoms with van der Waals surface area (Å²) in [5.41, 5.74) is 4.47. The van der Waals surface area contributed by atoms with Crippen molar-refractivity contribution in [2.45, 2.75) is 20.8 Å². The molecule has 0 unspecified atom stereocenters. The molecule has 4 rings (SSSR count). The molecule has 0 atom stereocenters. The smallest absolute Gasteiger partial charge is 0.275 e. The molecule has 0 radical (unpaired) electrons. The van der Waals surface area contributed by atoms with Crippen molar-refractivity contribution in [3.8, 4) is 11.4 Å². The molecule has 0 spiro atoms. The van der Waals surface area contributed by atoms with Crippen LogP contribution in [-0.4, -0.2) is 38.6 Å². The number of fused-ring (bicyclic) bond motifs is 1. The van der Waals surface area contributed by atoms with Crippen molar-refractivity contribution in [3.63, 3.8) is 0 Å². The van der Waals surface area contributed by atoms with Crippen LogP contribution in [0.2, 0.25) is 0 Å². The minimum atomic E-state index is -0.245. The summed E-state index contributed by atoms with van der Waals surface area (Å²) < 4.78 is 1.52. The summed E-state index contributed by atoms with van der Waals surface area (Å²) in [5, 5.41) is 7.52. The van der Waals surface area contributed by atoms with Crippen molar-refractivity contribution in [2.75, 3.05) is 18.1 Å². The Morgan fingerprint density at radius 3 is 2.74 bits per heavy atom. The fourth-order valence-corrected chi connectivity index (χ4v) is 4.02. The molecular formula is C20H22N4O2S. The molecule has 6 nitrogen and oxygen atoms in total. The van der Waals surface area contributed by atoms with E-state index in [1.165, 1.54) is 10.1 Å². The Labute approximate surface area is 161 Å². The van der Waals surface area contributed by atoms with Crippen LogP contribution in [0, 0.1) is 26.7 Å². The second-order valence-electron chi connectivity index (χ2n) is 7.18. The number of H-pyrrole nitrogens is 1. The lowest BCUT2D eigenvalue weighted by Crippen LogP contribution is -2.35. The van der Waals surface area contributed by atoms with Gasteiger partial charge in [0.15, 0.2) is 5.82 Å². The van der Waals surface area contributed by atoms with Crippen molar-refractivity contribution in [1.29, 1.82) is 0 Å². The summed E-state index contributed by atoms with van der Waals surface area (Å²) in [6.45, 7) is 6.53. The topological polar surface area (TPSA) is 79.3 Å². The molecule has 1 amide bonds. The second kappa shape index (κ2) is 6.88. The normalized spacial score (nSPS) is 14.3. The van der Waals surface area contributed by atoms with Gasteiger partial charge < -0.3 is 10.3 Å². The van der Waals surface area contributed by atoms with E-state index in [-0.39, 0.29) is 11.5 Å². The molecule has 3 heterocycles. The van der Waals surface area contributed by atoms with E-state index in [0.29, 0.717) is 34.9 Å². The molecule has 0 aliphatic carbocycles. The predicted octanol–water partition coefficient (Wildman–Crippen LogP) is 2.71. The largest absolute Gasteiger partial charge is 0.352 e. The molecular weight excluding hydrogens is 360 g/mol. The number of aryl methyl sites for hydroxylation is 3. The van der Waals surface area contributed by atoms with Crippen LogP contribution in [0.3, 0.4) is 0 Å². The summed E-state index contributed by atoms with van der Waals surface area (Å²) in [6.07, 6.45) is 1.65. The Bertz CT molecular complexity index is 1100. The standard InChI is InChI=1S/C20H22N4O2S/c1-11-4-5-15(6-12(11)2)18-22-20(26)17-13(3)16(8-24(17)23-18)19(25)21-7-14-9-27-10-14/h4-6,8,14H,7,9-10H2,1-3H3,(H,21,25)(H,22,23,26). The van der Waals surface area contributed by atoms with Gasteiger partial charge in [0, 0.05) is 18.3 Å². The Morgan fingerprint density at radius 2 is 2.07 bits per heavy atom. The quantitative estimate of drug-likeness (QED) is 0.727. The van der Waals surface area contributed by atoms with E-state index < -0.39 is 0 Å². The number of aromatic amines is 1. The van der Waals surface area contributed by atoms with Crippen LogP contribution in [0.25, 0.3) is 16.9 Å². The lowest BCUT2D eigenvalue weighted by molar-refractivity contribution is 0.0948. The molecule has 0 bridgehead atoms. The zero-order valence-corrected chi connectivity index (χ0v) is 16.4. The van der Waals surface area contributed by atoms with Crippen molar-refractivity contribution < 1.29 is 4.79 Å². The van der Waals surface area contributed by atoms with E-state index in [4.69, 9.17) is 0 Å². The maximum Gasteiger partial charge on any atom is 0.275 e. The maximum absolute atomic E-state index is 12.7. The van der Waals surface area contributed by atoms with Crippen LogP contribution in [0.5, 0.6) is 0 Å². The number of nitrogens with zero attached hydrogens (tertiary/aromatic N) is 2. The number of thioether (sulfide) groups is 1. The predicted molar refractivity (Wildman–Crippen MR) is 109 cm³/mol. The van der Waals surface area contributed by atoms with Gasteiger partial charge in [-0.3, -0.25) is 9.59 Å². The van der Waals surface area contributed by atoms with Crippen LogP contribution >= 0.6 is 11.8 Å². The number of hydrogen-bond donors (Lipinski definition) is 2. The number of carbonyl (C=O) groups is 1. The molecule has 1 saturated heterocycles. The highest BCUT2D eigenvalue weighted by Crippen LogP contribution is 2.24. The third-order valence-electron chi connectivity index (χ3n) is 5.18. The lowest BCUT2D eigenvalue weighted by Gasteiger charge is -2.24. The third kappa shape index (κ3) is 3.27. The van der Waals surface area contributed by atoms with Gasteiger partial charge in [-0.15, -0.1) is 5.10 Å². The van der Waals surface area contributed by atoms with Crippen LogP contribution in [0.4, 0.5) is 0 Å². The van der Waals surface area contributed by atoms with Crippen LogP contribution < -0.4 is 10.9 Å². The number of carbonyl (C=O) groups excluding carboxylic acids is 1. The first-order valence-electron chi connectivity index (χ1n) is 9.00. The van der Waals surface area contributed by atoms with Crippen LogP contribution in [0.15, 0.2) is 29.2 Å². The Balaban J connectivity index is 1.70. The van der Waals surface area contributed by atoms with Crippen molar-refractivity contribution in [1.82, 2.24) is 19.9 Å². The highest BCUT2D eigenvalue weighted by molar-refractivity contribution is 8.00. The first-order valence-corrected chi connectivity index (χ1v) is 10.2. The minimum absolute atomic E-state index is 0.151. The van der Waals surface area contributed by atoms with Crippen molar-refractivity contribution >= 4 is 23.2 Å². The number of benzene rings is 1. The molecule has 2 aromatic heterocycles. The van der Waals surface area contributed by atoms with Crippen molar-refractivity contribution in [2.24, 2.45) is 5.92 Å². The van der Waals surface area contributed by atoms with E-state index in [2.05, 4.69) is 15.4 Å². The van der Waals surface area contributed by atoms with E-state index in [0.717, 1.165) is 22.6 Å². The number of rotatable bonds is 4. The van der Waals surface area contributed by atoms with Gasteiger partial charge in [0.25, 0.3) is 11.5 Å². The summed E-state index contributed by atoms with van der Waals surface area (Å²) in [5.74, 6) is 3.08. The summed E-state index contributed by atoms with van der Waals surface area (Å²) in [4.78, 5) is 28.1. The van der Waals surface area contributed by atoms with Gasteiger partial charge in [-0.2, -0.15) is 11.8 Å². The average molecular weight is 382 g/mol. The number of aromatic nitrogens is 3. The van der Waals surface area contributed by atoms with Gasteiger partial charge in [0.1, 0.15) is 5.52 Å². The van der Waals surface area contributed by atoms with E-state index in [9.17, 15) is 9.59 Å². The third-order valence-corrected chi connectivity index (χ3v) is 6.59. The van der Waals surface area contributed by atoms with E-state index in [1.807, 2.05) is 43.8 Å². The fraction of sp³-hybridized carbons (Fsp3) is 0.350. The number of nitrogens with one attached hydrogen (secondary N) is 2. The van der Waals surface area contributed by atoms with Gasteiger partial charge in [-0.25, -0.2) is 4.52 Å². The molecule has 7 heteroatoms. The highest BCUT2D eigenvalue weighted by Gasteiger charge is 2.21. The van der Waals surface area contributed by atoms with Crippen molar-refractivity contribution in [3.05, 3.63) is 57.0 Å². The zero-order valence-electron chi connectivity index (χ0n) is 15.6. The summed E-state index contributed by atoms with van der Waals surface area (Å²) in [7, 11) is 0. The number of amides is 1. The summed E-state index contributed by atoms with van der Waals surface area (Å²) >= 11 is 1.89. The van der Waals surface area contributed by atoms with Gasteiger partial charge in [0.2, 0.25) is 0 Å². The molecule has 1 aliphatic rings. The minimum Gasteiger partial charge on any atom is -0.352 e. The fourth-order valence-electron chi connectivity index (χ4n) is 3.22. The molecule has 2 N–H and O–H groups in total. The Morgan fingerprint density at radius 1 is 1.30 bits per heavy atom. The first kappa shape index (κ1) is 17.9. The van der Waals surface area contributed by atoms with Crippen LogP contribution in [0.1, 0.15) is 27.0 Å². The second-order valence-corrected chi connectivity index (χ2v) is 8.25. The van der Waals surface area contributed by atoms with Gasteiger partial charge in [-0.05, 0) is 61.0 Å². The molecule has 140 valence electrons. The number of hydrogen-bond acceptors (Lipinski definition) is 4. The monoisotopic (exact) mass is 382 g/mol.